The van der Waals surface area contributed by atoms with Gasteiger partial charge in [0.25, 0.3) is 0 Å². The normalized spacial score (nSPS) is 10.6. The third-order valence-electron chi connectivity index (χ3n) is 4.33. The molecule has 2 rings (SSSR count). The van der Waals surface area contributed by atoms with E-state index in [0.29, 0.717) is 13.2 Å². The van der Waals surface area contributed by atoms with Crippen LogP contribution in [0.3, 0.4) is 0 Å². The van der Waals surface area contributed by atoms with E-state index >= 15 is 0 Å². The maximum atomic E-state index is 5.82. The second-order valence-corrected chi connectivity index (χ2v) is 6.63. The molecular weight excluding hydrogens is 338 g/mol. The number of anilines is 1. The number of nitrogens with one attached hydrogen (secondary N) is 1. The lowest BCUT2D eigenvalue weighted by Gasteiger charge is -2.11. The van der Waals surface area contributed by atoms with Gasteiger partial charge in [-0.05, 0) is 36.2 Å². The van der Waals surface area contributed by atoms with Gasteiger partial charge in [-0.25, -0.2) is 0 Å². The van der Waals surface area contributed by atoms with Crippen molar-refractivity contribution in [3.05, 3.63) is 54.1 Å². The molecule has 0 spiro atoms. The molecule has 0 fully saturated rings. The van der Waals surface area contributed by atoms with Gasteiger partial charge in [0.15, 0.2) is 0 Å². The summed E-state index contributed by atoms with van der Waals surface area (Å²) in [4.78, 5) is 0. The third-order valence-corrected chi connectivity index (χ3v) is 4.33. The molecule has 4 nitrogen and oxygen atoms in total. The minimum Gasteiger partial charge on any atom is -0.494 e. The predicted octanol–water partition coefficient (Wildman–Crippen LogP) is 5.67. The van der Waals surface area contributed by atoms with Crippen molar-refractivity contribution < 1.29 is 14.2 Å². The molecule has 0 aliphatic heterocycles. The molecule has 0 aliphatic rings. The Morgan fingerprint density at radius 1 is 0.778 bits per heavy atom. The monoisotopic (exact) mass is 371 g/mol. The van der Waals surface area contributed by atoms with E-state index < -0.39 is 0 Å². The molecule has 4 heteroatoms. The lowest BCUT2D eigenvalue weighted by atomic mass is 10.2. The molecule has 0 aromatic heterocycles. The molecule has 27 heavy (non-hydrogen) atoms. The van der Waals surface area contributed by atoms with E-state index in [1.54, 1.807) is 7.11 Å². The first-order valence-electron chi connectivity index (χ1n) is 9.99. The van der Waals surface area contributed by atoms with E-state index in [1.165, 1.54) is 31.2 Å². The third kappa shape index (κ3) is 8.83. The van der Waals surface area contributed by atoms with Crippen LogP contribution >= 0.6 is 0 Å². The number of rotatable bonds is 14. The lowest BCUT2D eigenvalue weighted by molar-refractivity contribution is 0.146. The van der Waals surface area contributed by atoms with Crippen molar-refractivity contribution in [2.45, 2.75) is 45.6 Å². The SMILES string of the molecule is CCCCCCCOc1ccc(CNc2cccc(OCCOC)c2)cc1. The molecule has 0 saturated carbocycles. The zero-order valence-corrected chi connectivity index (χ0v) is 16.7. The Bertz CT molecular complexity index is 628. The zero-order valence-electron chi connectivity index (χ0n) is 16.7. The van der Waals surface area contributed by atoms with Gasteiger partial charge in [-0.15, -0.1) is 0 Å². The molecule has 0 atom stereocenters. The summed E-state index contributed by atoms with van der Waals surface area (Å²) in [6.45, 7) is 4.95. The molecule has 0 radical (unpaired) electrons. The van der Waals surface area contributed by atoms with E-state index in [0.717, 1.165) is 36.8 Å². The van der Waals surface area contributed by atoms with E-state index in [4.69, 9.17) is 14.2 Å². The minimum absolute atomic E-state index is 0.556. The van der Waals surface area contributed by atoms with Crippen molar-refractivity contribution >= 4 is 5.69 Å². The van der Waals surface area contributed by atoms with Gasteiger partial charge in [0, 0.05) is 25.4 Å². The Hall–Kier alpha value is -2.20. The zero-order chi connectivity index (χ0) is 19.2. The van der Waals surface area contributed by atoms with Crippen molar-refractivity contribution in [2.24, 2.45) is 0 Å². The molecule has 0 amide bonds. The maximum absolute atomic E-state index is 5.82. The van der Waals surface area contributed by atoms with Gasteiger partial charge < -0.3 is 19.5 Å². The van der Waals surface area contributed by atoms with Crippen LogP contribution < -0.4 is 14.8 Å². The Morgan fingerprint density at radius 2 is 1.56 bits per heavy atom. The lowest BCUT2D eigenvalue weighted by Crippen LogP contribution is -2.05. The maximum Gasteiger partial charge on any atom is 0.121 e. The van der Waals surface area contributed by atoms with Crippen LogP contribution in [0.2, 0.25) is 0 Å². The first-order chi connectivity index (χ1) is 13.3. The second-order valence-electron chi connectivity index (χ2n) is 6.63. The molecule has 2 aromatic carbocycles. The fourth-order valence-electron chi connectivity index (χ4n) is 2.74. The van der Waals surface area contributed by atoms with Crippen LogP contribution in [-0.2, 0) is 11.3 Å². The molecule has 1 N–H and O–H groups in total. The highest BCUT2D eigenvalue weighted by Crippen LogP contribution is 2.19. The van der Waals surface area contributed by atoms with Gasteiger partial charge in [0.05, 0.1) is 13.2 Å². The van der Waals surface area contributed by atoms with Gasteiger partial charge in [0.1, 0.15) is 18.1 Å². The number of hydrogen-bond donors (Lipinski definition) is 1. The number of benzene rings is 2. The van der Waals surface area contributed by atoms with Crippen LogP contribution in [0, 0.1) is 0 Å². The molecule has 0 bridgehead atoms. The van der Waals surface area contributed by atoms with E-state index in [-0.39, 0.29) is 0 Å². The molecule has 148 valence electrons. The predicted molar refractivity (Wildman–Crippen MR) is 112 cm³/mol. The topological polar surface area (TPSA) is 39.7 Å². The summed E-state index contributed by atoms with van der Waals surface area (Å²) in [6, 6.07) is 16.3. The van der Waals surface area contributed by atoms with Gasteiger partial charge >= 0.3 is 0 Å². The van der Waals surface area contributed by atoms with Crippen molar-refractivity contribution in [3.63, 3.8) is 0 Å². The van der Waals surface area contributed by atoms with Crippen molar-refractivity contribution in [2.75, 3.05) is 32.2 Å². The fourth-order valence-corrected chi connectivity index (χ4v) is 2.74. The fraction of sp³-hybridized carbons (Fsp3) is 0.478. The van der Waals surface area contributed by atoms with Crippen LogP contribution in [0.4, 0.5) is 5.69 Å². The van der Waals surface area contributed by atoms with Crippen LogP contribution in [0.25, 0.3) is 0 Å². The Balaban J connectivity index is 1.71. The van der Waals surface area contributed by atoms with Crippen LogP contribution in [0.5, 0.6) is 11.5 Å². The number of methoxy groups -OCH3 is 1. The van der Waals surface area contributed by atoms with E-state index in [1.807, 2.05) is 36.4 Å². The smallest absolute Gasteiger partial charge is 0.121 e. The van der Waals surface area contributed by atoms with Gasteiger partial charge in [0.2, 0.25) is 0 Å². The van der Waals surface area contributed by atoms with Crippen molar-refractivity contribution in [1.82, 2.24) is 0 Å². The standard InChI is InChI=1S/C23H33NO3/c1-3-4-5-6-7-15-26-22-13-11-20(12-14-22)19-24-21-9-8-10-23(18-21)27-17-16-25-2/h8-14,18,24H,3-7,15-17,19H2,1-2H3. The van der Waals surface area contributed by atoms with Crippen LogP contribution in [0.15, 0.2) is 48.5 Å². The quantitative estimate of drug-likeness (QED) is 0.434. The highest BCUT2D eigenvalue weighted by molar-refractivity contribution is 5.48. The summed E-state index contributed by atoms with van der Waals surface area (Å²) in [6.07, 6.45) is 6.30. The summed E-state index contributed by atoms with van der Waals surface area (Å²) in [5.41, 5.74) is 2.26. The molecule has 0 heterocycles. The first kappa shape index (κ1) is 21.1. The van der Waals surface area contributed by atoms with Gasteiger partial charge in [-0.2, -0.15) is 0 Å². The molecule has 0 saturated heterocycles. The summed E-state index contributed by atoms with van der Waals surface area (Å²) in [5, 5.41) is 3.43. The molecule has 2 aromatic rings. The first-order valence-corrected chi connectivity index (χ1v) is 9.99. The van der Waals surface area contributed by atoms with Crippen molar-refractivity contribution in [1.29, 1.82) is 0 Å². The van der Waals surface area contributed by atoms with Crippen molar-refractivity contribution in [3.8, 4) is 11.5 Å². The summed E-state index contributed by atoms with van der Waals surface area (Å²) in [7, 11) is 1.67. The Kier molecular flexibility index (Phi) is 10.2. The summed E-state index contributed by atoms with van der Waals surface area (Å²) in [5.74, 6) is 1.79. The number of hydrogen-bond acceptors (Lipinski definition) is 4. The molecule has 0 unspecified atom stereocenters. The van der Waals surface area contributed by atoms with Gasteiger partial charge in [-0.1, -0.05) is 50.8 Å². The Morgan fingerprint density at radius 3 is 2.33 bits per heavy atom. The van der Waals surface area contributed by atoms with Gasteiger partial charge in [-0.3, -0.25) is 0 Å². The minimum atomic E-state index is 0.556. The Labute approximate surface area is 163 Å². The molecular formula is C23H33NO3. The average molecular weight is 372 g/mol. The highest BCUT2D eigenvalue weighted by atomic mass is 16.5. The number of unbranched alkanes of at least 4 members (excludes halogenated alkanes) is 4. The number of ether oxygens (including phenoxy) is 3. The van der Waals surface area contributed by atoms with E-state index in [9.17, 15) is 0 Å². The summed E-state index contributed by atoms with van der Waals surface area (Å²) >= 11 is 0. The average Bonchev–Trinajstić information content (AvgIpc) is 2.70. The summed E-state index contributed by atoms with van der Waals surface area (Å²) < 4.78 is 16.5. The van der Waals surface area contributed by atoms with Crippen LogP contribution in [0.1, 0.15) is 44.6 Å². The highest BCUT2D eigenvalue weighted by Gasteiger charge is 1.99. The van der Waals surface area contributed by atoms with E-state index in [2.05, 4.69) is 24.4 Å². The molecule has 0 aliphatic carbocycles. The van der Waals surface area contributed by atoms with Crippen LogP contribution in [-0.4, -0.2) is 26.9 Å². The largest absolute Gasteiger partial charge is 0.494 e. The second kappa shape index (κ2) is 13.0.